The third-order valence-electron chi connectivity index (χ3n) is 3.56. The number of nitrogens with one attached hydrogen (secondary N) is 1. The maximum absolute atomic E-state index is 12.4. The summed E-state index contributed by atoms with van der Waals surface area (Å²) in [4.78, 5) is 14.9. The lowest BCUT2D eigenvalue weighted by Gasteiger charge is -2.29. The van der Waals surface area contributed by atoms with Crippen LogP contribution in [-0.2, 0) is 4.79 Å². The average Bonchev–Trinajstić information content (AvgIpc) is 2.61. The predicted molar refractivity (Wildman–Crippen MR) is 100 cm³/mol. The number of thioether (sulfide) groups is 1. The van der Waals surface area contributed by atoms with Crippen molar-refractivity contribution in [1.82, 2.24) is 0 Å². The van der Waals surface area contributed by atoms with E-state index in [4.69, 9.17) is 21.7 Å². The quantitative estimate of drug-likeness (QED) is 0.845. The smallest absolute Gasteiger partial charge is 0.243 e. The van der Waals surface area contributed by atoms with Gasteiger partial charge in [-0.05, 0) is 36.5 Å². The van der Waals surface area contributed by atoms with E-state index in [0.717, 1.165) is 10.6 Å². The Kier molecular flexibility index (Phi) is 4.92. The number of amides is 1. The standard InChI is InChI=1S/C17H16N2O3S2/c1-21-11-7-8-14(22-2)12(9-11)18-17(23)19-13-5-3-4-6-15(13)24-10-16(19)20/h3-9H,10H2,1-2H3,(H,18,23). The second-order valence-corrected chi connectivity index (χ2v) is 6.39. The summed E-state index contributed by atoms with van der Waals surface area (Å²) in [5.41, 5.74) is 1.43. The Labute approximate surface area is 149 Å². The molecule has 5 nitrogen and oxygen atoms in total. The zero-order valence-corrected chi connectivity index (χ0v) is 14.9. The Morgan fingerprint density at radius 2 is 2.00 bits per heavy atom. The van der Waals surface area contributed by atoms with Gasteiger partial charge in [0.15, 0.2) is 5.11 Å². The summed E-state index contributed by atoms with van der Waals surface area (Å²) in [5, 5.41) is 3.40. The summed E-state index contributed by atoms with van der Waals surface area (Å²) < 4.78 is 10.6. The van der Waals surface area contributed by atoms with Crippen molar-refractivity contribution >= 4 is 46.4 Å². The fraction of sp³-hybridized carbons (Fsp3) is 0.176. The second-order valence-electron chi connectivity index (χ2n) is 4.98. The number of rotatable bonds is 3. The number of anilines is 2. The SMILES string of the molecule is COc1ccc(OC)c(NC(=S)N2C(=O)CSc3ccccc32)c1. The van der Waals surface area contributed by atoms with E-state index >= 15 is 0 Å². The Hall–Kier alpha value is -2.25. The molecule has 0 spiro atoms. The molecule has 0 radical (unpaired) electrons. The first-order chi connectivity index (χ1) is 11.6. The molecule has 1 amide bonds. The van der Waals surface area contributed by atoms with E-state index in [-0.39, 0.29) is 5.91 Å². The Bertz CT molecular complexity index is 795. The minimum atomic E-state index is -0.0573. The lowest BCUT2D eigenvalue weighted by molar-refractivity contribution is -0.115. The number of thiocarbonyl (C=S) groups is 1. The molecule has 3 rings (SSSR count). The van der Waals surface area contributed by atoms with Gasteiger partial charge in [-0.1, -0.05) is 12.1 Å². The van der Waals surface area contributed by atoms with Crippen LogP contribution < -0.4 is 19.7 Å². The minimum absolute atomic E-state index is 0.0573. The van der Waals surface area contributed by atoms with Gasteiger partial charge < -0.3 is 14.8 Å². The van der Waals surface area contributed by atoms with Crippen LogP contribution >= 0.6 is 24.0 Å². The molecule has 24 heavy (non-hydrogen) atoms. The molecule has 0 atom stereocenters. The number of fused-ring (bicyclic) bond motifs is 1. The number of benzene rings is 2. The number of carbonyl (C=O) groups is 1. The zero-order valence-electron chi connectivity index (χ0n) is 13.2. The molecule has 1 heterocycles. The van der Waals surface area contributed by atoms with Crippen LogP contribution in [0.4, 0.5) is 11.4 Å². The average molecular weight is 360 g/mol. The van der Waals surface area contributed by atoms with Crippen molar-refractivity contribution in [2.45, 2.75) is 4.90 Å². The second kappa shape index (κ2) is 7.11. The molecule has 2 aromatic rings. The van der Waals surface area contributed by atoms with E-state index in [2.05, 4.69) is 5.32 Å². The van der Waals surface area contributed by atoms with E-state index in [1.54, 1.807) is 32.4 Å². The molecule has 1 aliphatic rings. The Balaban J connectivity index is 1.92. The van der Waals surface area contributed by atoms with Crippen LogP contribution in [0.2, 0.25) is 0 Å². The zero-order chi connectivity index (χ0) is 17.1. The van der Waals surface area contributed by atoms with Crippen molar-refractivity contribution in [2.24, 2.45) is 0 Å². The summed E-state index contributed by atoms with van der Waals surface area (Å²) in [5.74, 6) is 1.58. The molecule has 0 unspecified atom stereocenters. The maximum atomic E-state index is 12.4. The van der Waals surface area contributed by atoms with Crippen LogP contribution in [0.25, 0.3) is 0 Å². The molecule has 0 aromatic heterocycles. The number of para-hydroxylation sites is 1. The van der Waals surface area contributed by atoms with E-state index in [1.165, 1.54) is 16.7 Å². The fourth-order valence-electron chi connectivity index (χ4n) is 2.41. The van der Waals surface area contributed by atoms with Crippen LogP contribution in [0.5, 0.6) is 11.5 Å². The first-order valence-electron chi connectivity index (χ1n) is 7.22. The molecule has 0 fully saturated rings. The van der Waals surface area contributed by atoms with Crippen molar-refractivity contribution in [3.8, 4) is 11.5 Å². The number of carbonyl (C=O) groups excluding carboxylic acids is 1. The molecule has 7 heteroatoms. The first kappa shape index (κ1) is 16.6. The van der Waals surface area contributed by atoms with Gasteiger partial charge in [0.25, 0.3) is 0 Å². The van der Waals surface area contributed by atoms with Crippen molar-refractivity contribution in [2.75, 3.05) is 30.2 Å². The molecule has 1 N–H and O–H groups in total. The summed E-state index contributed by atoms with van der Waals surface area (Å²) >= 11 is 7.00. The van der Waals surface area contributed by atoms with Gasteiger partial charge in [0, 0.05) is 11.0 Å². The lowest BCUT2D eigenvalue weighted by atomic mass is 10.2. The van der Waals surface area contributed by atoms with Crippen molar-refractivity contribution in [3.05, 3.63) is 42.5 Å². The number of hydrogen-bond acceptors (Lipinski definition) is 5. The maximum Gasteiger partial charge on any atom is 0.243 e. The van der Waals surface area contributed by atoms with Crippen molar-refractivity contribution < 1.29 is 14.3 Å². The molecular weight excluding hydrogens is 344 g/mol. The number of nitrogens with zero attached hydrogens (tertiary/aromatic N) is 1. The normalized spacial score (nSPS) is 13.2. The molecule has 1 aliphatic heterocycles. The van der Waals surface area contributed by atoms with Gasteiger partial charge in [0.2, 0.25) is 5.91 Å². The Morgan fingerprint density at radius 1 is 1.21 bits per heavy atom. The molecule has 0 aliphatic carbocycles. The van der Waals surface area contributed by atoms with Crippen LogP contribution in [0.3, 0.4) is 0 Å². The fourth-order valence-corrected chi connectivity index (χ4v) is 3.61. The Morgan fingerprint density at radius 3 is 2.75 bits per heavy atom. The molecule has 2 aromatic carbocycles. The van der Waals surface area contributed by atoms with E-state index in [1.807, 2.05) is 24.3 Å². The van der Waals surface area contributed by atoms with Gasteiger partial charge in [-0.3, -0.25) is 9.69 Å². The van der Waals surface area contributed by atoms with Gasteiger partial charge >= 0.3 is 0 Å². The van der Waals surface area contributed by atoms with Gasteiger partial charge in [-0.25, -0.2) is 0 Å². The highest BCUT2D eigenvalue weighted by molar-refractivity contribution is 8.00. The van der Waals surface area contributed by atoms with Crippen molar-refractivity contribution in [3.63, 3.8) is 0 Å². The molecule has 0 saturated heterocycles. The highest BCUT2D eigenvalue weighted by Gasteiger charge is 2.28. The summed E-state index contributed by atoms with van der Waals surface area (Å²) in [6.45, 7) is 0. The van der Waals surface area contributed by atoms with Crippen LogP contribution in [0.1, 0.15) is 0 Å². The van der Waals surface area contributed by atoms with Gasteiger partial charge in [-0.15, -0.1) is 11.8 Å². The van der Waals surface area contributed by atoms with E-state index in [9.17, 15) is 4.79 Å². The minimum Gasteiger partial charge on any atom is -0.497 e. The highest BCUT2D eigenvalue weighted by Crippen LogP contribution is 2.36. The molecule has 0 bridgehead atoms. The molecule has 124 valence electrons. The number of ether oxygens (including phenoxy) is 2. The van der Waals surface area contributed by atoms with Gasteiger partial charge in [0.05, 0.1) is 31.3 Å². The number of methoxy groups -OCH3 is 2. The van der Waals surface area contributed by atoms with Gasteiger partial charge in [-0.2, -0.15) is 0 Å². The summed E-state index contributed by atoms with van der Waals surface area (Å²) in [6.07, 6.45) is 0. The van der Waals surface area contributed by atoms with Crippen molar-refractivity contribution in [1.29, 1.82) is 0 Å². The summed E-state index contributed by atoms with van der Waals surface area (Å²) in [6, 6.07) is 13.1. The number of hydrogen-bond donors (Lipinski definition) is 1. The molecular formula is C17H16N2O3S2. The lowest BCUT2D eigenvalue weighted by Crippen LogP contribution is -2.43. The van der Waals surface area contributed by atoms with E-state index < -0.39 is 0 Å². The topological polar surface area (TPSA) is 50.8 Å². The monoisotopic (exact) mass is 360 g/mol. The van der Waals surface area contributed by atoms with E-state index in [0.29, 0.717) is 28.1 Å². The van der Waals surface area contributed by atoms with Crippen LogP contribution in [-0.4, -0.2) is 31.0 Å². The predicted octanol–water partition coefficient (Wildman–Crippen LogP) is 3.54. The third-order valence-corrected chi connectivity index (χ3v) is 4.89. The highest BCUT2D eigenvalue weighted by atomic mass is 32.2. The first-order valence-corrected chi connectivity index (χ1v) is 8.61. The van der Waals surface area contributed by atoms with Crippen LogP contribution in [0, 0.1) is 0 Å². The van der Waals surface area contributed by atoms with Crippen LogP contribution in [0.15, 0.2) is 47.4 Å². The molecule has 0 saturated carbocycles. The summed E-state index contributed by atoms with van der Waals surface area (Å²) in [7, 11) is 3.17. The largest absolute Gasteiger partial charge is 0.497 e. The van der Waals surface area contributed by atoms with Gasteiger partial charge in [0.1, 0.15) is 11.5 Å². The third kappa shape index (κ3) is 3.18.